The summed E-state index contributed by atoms with van der Waals surface area (Å²) in [7, 11) is 0. The molecule has 140 valence electrons. The third kappa shape index (κ3) is 7.58. The number of hydrogen-bond donors (Lipinski definition) is 0. The van der Waals surface area contributed by atoms with E-state index in [-0.39, 0.29) is 0 Å². The zero-order chi connectivity index (χ0) is 19.9. The highest BCUT2D eigenvalue weighted by molar-refractivity contribution is 5.31. The third-order valence-corrected chi connectivity index (χ3v) is 3.44. The van der Waals surface area contributed by atoms with Crippen molar-refractivity contribution in [2.24, 2.45) is 0 Å². The van der Waals surface area contributed by atoms with Crippen LogP contribution in [0.2, 0.25) is 0 Å². The van der Waals surface area contributed by atoms with Crippen molar-refractivity contribution in [2.45, 2.75) is 0 Å². The van der Waals surface area contributed by atoms with Crippen molar-refractivity contribution >= 4 is 6.79 Å². The number of para-hydroxylation sites is 4. The first-order chi connectivity index (χ1) is 13.9. The summed E-state index contributed by atoms with van der Waals surface area (Å²) in [6.45, 7) is 2.00. The van der Waals surface area contributed by atoms with Crippen LogP contribution in [-0.4, -0.2) is 6.79 Å². The van der Waals surface area contributed by atoms with Gasteiger partial charge in [-0.25, -0.2) is 0 Å². The summed E-state index contributed by atoms with van der Waals surface area (Å²) in [5, 5.41) is 0. The Hall–Kier alpha value is -3.85. The predicted molar refractivity (Wildman–Crippen MR) is 113 cm³/mol. The van der Waals surface area contributed by atoms with E-state index in [1.165, 1.54) is 0 Å². The molecule has 0 heterocycles. The number of benzene rings is 4. The summed E-state index contributed by atoms with van der Waals surface area (Å²) < 4.78 is 11.2. The van der Waals surface area contributed by atoms with Crippen LogP contribution in [0.3, 0.4) is 0 Å². The van der Waals surface area contributed by atoms with Crippen molar-refractivity contribution in [1.82, 2.24) is 0 Å². The maximum absolute atomic E-state index is 8.00. The van der Waals surface area contributed by atoms with Crippen molar-refractivity contribution in [3.8, 4) is 23.0 Å². The van der Waals surface area contributed by atoms with Gasteiger partial charge in [-0.3, -0.25) is 0 Å². The van der Waals surface area contributed by atoms with Crippen LogP contribution in [0, 0.1) is 0 Å². The minimum atomic E-state index is 0.869. The van der Waals surface area contributed by atoms with E-state index >= 15 is 0 Å². The first kappa shape index (κ1) is 20.5. The quantitative estimate of drug-likeness (QED) is 0.397. The van der Waals surface area contributed by atoms with E-state index < -0.39 is 0 Å². The van der Waals surface area contributed by atoms with E-state index in [9.17, 15) is 0 Å². The van der Waals surface area contributed by atoms with Crippen LogP contribution in [0.25, 0.3) is 0 Å². The topological polar surface area (TPSA) is 35.5 Å². The molecule has 0 aliphatic carbocycles. The standard InChI is InChI=1S/2C12H10O.CH2O/c2*1-3-7-11(8-4-1)13-12-9-5-2-6-10-12;1-2/h2*1-10H;1H2. The average molecular weight is 370 g/mol. The molecule has 0 radical (unpaired) electrons. The smallest absolute Gasteiger partial charge is 0.127 e. The average Bonchev–Trinajstić information content (AvgIpc) is 2.79. The first-order valence-corrected chi connectivity index (χ1v) is 8.75. The normalized spacial score (nSPS) is 9.00. The number of rotatable bonds is 4. The molecule has 4 aromatic carbocycles. The number of carbonyl (C=O) groups is 1. The molecule has 0 atom stereocenters. The number of hydrogen-bond acceptors (Lipinski definition) is 3. The third-order valence-electron chi connectivity index (χ3n) is 3.44. The number of carbonyl (C=O) groups excluding carboxylic acids is 1. The predicted octanol–water partition coefficient (Wildman–Crippen LogP) is 6.77. The molecule has 4 rings (SSSR count). The fourth-order valence-electron chi connectivity index (χ4n) is 2.23. The largest absolute Gasteiger partial charge is 0.457 e. The van der Waals surface area contributed by atoms with Gasteiger partial charge in [0.15, 0.2) is 0 Å². The van der Waals surface area contributed by atoms with Crippen LogP contribution >= 0.6 is 0 Å². The summed E-state index contributed by atoms with van der Waals surface area (Å²) in [5.41, 5.74) is 0. The van der Waals surface area contributed by atoms with Crippen molar-refractivity contribution in [2.75, 3.05) is 0 Å². The second kappa shape index (κ2) is 12.5. The highest BCUT2D eigenvalue weighted by atomic mass is 16.5. The highest BCUT2D eigenvalue weighted by Gasteiger charge is 1.93. The van der Waals surface area contributed by atoms with Gasteiger partial charge < -0.3 is 14.3 Å². The van der Waals surface area contributed by atoms with E-state index in [1.807, 2.05) is 128 Å². The highest BCUT2D eigenvalue weighted by Crippen LogP contribution is 2.20. The maximum atomic E-state index is 8.00. The lowest BCUT2D eigenvalue weighted by molar-refractivity contribution is -0.0979. The lowest BCUT2D eigenvalue weighted by atomic mass is 10.3. The van der Waals surface area contributed by atoms with Crippen molar-refractivity contribution in [3.63, 3.8) is 0 Å². The fraction of sp³-hybridized carbons (Fsp3) is 0. The molecule has 4 aromatic rings. The summed E-state index contributed by atoms with van der Waals surface area (Å²) >= 11 is 0. The molecule has 0 spiro atoms. The zero-order valence-corrected chi connectivity index (χ0v) is 15.5. The Morgan fingerprint density at radius 1 is 0.357 bits per heavy atom. The second-order valence-corrected chi connectivity index (χ2v) is 5.46. The molecule has 0 saturated carbocycles. The van der Waals surface area contributed by atoms with Crippen LogP contribution in [0.1, 0.15) is 0 Å². The van der Waals surface area contributed by atoms with E-state index in [4.69, 9.17) is 14.3 Å². The van der Waals surface area contributed by atoms with Crippen LogP contribution < -0.4 is 9.47 Å². The summed E-state index contributed by atoms with van der Waals surface area (Å²) in [6, 6.07) is 39.0. The Labute approximate surface area is 165 Å². The van der Waals surface area contributed by atoms with Gasteiger partial charge >= 0.3 is 0 Å². The Morgan fingerprint density at radius 2 is 0.536 bits per heavy atom. The molecule has 3 heteroatoms. The van der Waals surface area contributed by atoms with Gasteiger partial charge in [-0.15, -0.1) is 0 Å². The maximum Gasteiger partial charge on any atom is 0.127 e. The zero-order valence-electron chi connectivity index (χ0n) is 15.5. The molecule has 28 heavy (non-hydrogen) atoms. The van der Waals surface area contributed by atoms with E-state index in [0.717, 1.165) is 23.0 Å². The SMILES string of the molecule is C=O.c1ccc(Oc2ccccc2)cc1.c1ccc(Oc2ccccc2)cc1. The number of ether oxygens (including phenoxy) is 2. The Bertz CT molecular complexity index is 728. The molecule has 0 amide bonds. The minimum absolute atomic E-state index is 0.869. The lowest BCUT2D eigenvalue weighted by Gasteiger charge is -2.03. The van der Waals surface area contributed by atoms with Gasteiger partial charge in [-0.05, 0) is 48.5 Å². The van der Waals surface area contributed by atoms with Gasteiger partial charge in [0.2, 0.25) is 0 Å². The van der Waals surface area contributed by atoms with Crippen molar-refractivity contribution in [3.05, 3.63) is 121 Å². The summed E-state index contributed by atoms with van der Waals surface area (Å²) in [5.74, 6) is 3.48. The molecule has 0 unspecified atom stereocenters. The van der Waals surface area contributed by atoms with Gasteiger partial charge in [0.1, 0.15) is 29.8 Å². The molecule has 0 fully saturated rings. The molecule has 3 nitrogen and oxygen atoms in total. The van der Waals surface area contributed by atoms with E-state index in [1.54, 1.807) is 0 Å². The van der Waals surface area contributed by atoms with Crippen molar-refractivity contribution < 1.29 is 14.3 Å². The van der Waals surface area contributed by atoms with E-state index in [2.05, 4.69) is 0 Å². The molecule has 0 bridgehead atoms. The van der Waals surface area contributed by atoms with Gasteiger partial charge in [-0.1, -0.05) is 72.8 Å². The molecule has 0 aliphatic heterocycles. The molecular formula is C25H22O3. The van der Waals surface area contributed by atoms with Crippen molar-refractivity contribution in [1.29, 1.82) is 0 Å². The van der Waals surface area contributed by atoms with E-state index in [0.29, 0.717) is 0 Å². The Kier molecular flexibility index (Phi) is 9.13. The second-order valence-electron chi connectivity index (χ2n) is 5.46. The Morgan fingerprint density at radius 3 is 0.714 bits per heavy atom. The molecule has 0 aromatic heterocycles. The van der Waals surface area contributed by atoms with Crippen LogP contribution in [0.15, 0.2) is 121 Å². The first-order valence-electron chi connectivity index (χ1n) is 8.75. The molecule has 0 aliphatic rings. The summed E-state index contributed by atoms with van der Waals surface area (Å²) in [4.78, 5) is 8.00. The summed E-state index contributed by atoms with van der Waals surface area (Å²) in [6.07, 6.45) is 0. The molecular weight excluding hydrogens is 348 g/mol. The molecule has 0 saturated heterocycles. The van der Waals surface area contributed by atoms with Gasteiger partial charge in [0, 0.05) is 0 Å². The van der Waals surface area contributed by atoms with Crippen LogP contribution in [0.5, 0.6) is 23.0 Å². The van der Waals surface area contributed by atoms with Gasteiger partial charge in [-0.2, -0.15) is 0 Å². The lowest BCUT2D eigenvalue weighted by Crippen LogP contribution is -1.81. The molecule has 0 N–H and O–H groups in total. The monoisotopic (exact) mass is 370 g/mol. The van der Waals surface area contributed by atoms with Crippen LogP contribution in [-0.2, 0) is 4.79 Å². The van der Waals surface area contributed by atoms with Gasteiger partial charge in [0.25, 0.3) is 0 Å². The van der Waals surface area contributed by atoms with Gasteiger partial charge in [0.05, 0.1) is 0 Å². The fourth-order valence-corrected chi connectivity index (χ4v) is 2.23. The van der Waals surface area contributed by atoms with Crippen LogP contribution in [0.4, 0.5) is 0 Å². The minimum Gasteiger partial charge on any atom is -0.457 e. The Balaban J connectivity index is 0.000000184.